The Kier molecular flexibility index (Phi) is 5.51. The zero-order valence-electron chi connectivity index (χ0n) is 13.1. The summed E-state index contributed by atoms with van der Waals surface area (Å²) in [6.07, 6.45) is 2.06. The van der Waals surface area contributed by atoms with E-state index in [2.05, 4.69) is 49.5 Å². The molecule has 0 saturated heterocycles. The molecule has 0 saturated carbocycles. The first-order chi connectivity index (χ1) is 10.1. The largest absolute Gasteiger partial charge is 0.306 e. The van der Waals surface area contributed by atoms with Crippen LogP contribution in [-0.4, -0.2) is 6.54 Å². The maximum absolute atomic E-state index is 13.7. The van der Waals surface area contributed by atoms with Gasteiger partial charge in [0.1, 0.15) is 5.82 Å². The molecule has 0 aliphatic carbocycles. The lowest BCUT2D eigenvalue weighted by Crippen LogP contribution is -2.23. The molecule has 0 aliphatic rings. The van der Waals surface area contributed by atoms with Crippen molar-refractivity contribution in [1.29, 1.82) is 0 Å². The van der Waals surface area contributed by atoms with Crippen molar-refractivity contribution in [3.8, 4) is 0 Å². The van der Waals surface area contributed by atoms with Gasteiger partial charge >= 0.3 is 0 Å². The quantitative estimate of drug-likeness (QED) is 0.805. The maximum atomic E-state index is 13.7. The standard InChI is InChI=1S/C19H24FN/c1-4-9-21-19(16-8-6-7-15(5-2)12-16)17-10-14(3)11-18(20)13-17/h6-8,10-13,19,21H,4-5,9H2,1-3H3. The van der Waals surface area contributed by atoms with Crippen LogP contribution in [0.4, 0.5) is 4.39 Å². The third-order valence-electron chi connectivity index (χ3n) is 3.69. The number of hydrogen-bond acceptors (Lipinski definition) is 1. The minimum Gasteiger partial charge on any atom is -0.306 e. The lowest BCUT2D eigenvalue weighted by molar-refractivity contribution is 0.584. The third-order valence-corrected chi connectivity index (χ3v) is 3.69. The summed E-state index contributed by atoms with van der Waals surface area (Å²) < 4.78 is 13.7. The lowest BCUT2D eigenvalue weighted by atomic mass is 9.95. The Hall–Kier alpha value is -1.67. The lowest BCUT2D eigenvalue weighted by Gasteiger charge is -2.21. The molecule has 0 amide bonds. The summed E-state index contributed by atoms with van der Waals surface area (Å²) in [7, 11) is 0. The Morgan fingerprint density at radius 3 is 2.52 bits per heavy atom. The van der Waals surface area contributed by atoms with Gasteiger partial charge in [-0.25, -0.2) is 4.39 Å². The van der Waals surface area contributed by atoms with Gasteiger partial charge in [0.25, 0.3) is 0 Å². The second-order valence-corrected chi connectivity index (χ2v) is 5.55. The Morgan fingerprint density at radius 1 is 1.05 bits per heavy atom. The molecule has 2 aromatic carbocycles. The normalized spacial score (nSPS) is 12.4. The van der Waals surface area contributed by atoms with Crippen LogP contribution in [0.5, 0.6) is 0 Å². The number of aryl methyl sites for hydroxylation is 2. The monoisotopic (exact) mass is 285 g/mol. The fourth-order valence-electron chi connectivity index (χ4n) is 2.64. The molecule has 0 aromatic heterocycles. The molecule has 1 unspecified atom stereocenters. The summed E-state index contributed by atoms with van der Waals surface area (Å²) in [5.41, 5.74) is 4.46. The molecule has 0 bridgehead atoms. The van der Waals surface area contributed by atoms with Crippen LogP contribution < -0.4 is 5.32 Å². The van der Waals surface area contributed by atoms with Crippen LogP contribution in [0, 0.1) is 12.7 Å². The van der Waals surface area contributed by atoms with Crippen molar-refractivity contribution >= 4 is 0 Å². The summed E-state index contributed by atoms with van der Waals surface area (Å²) in [6, 6.07) is 13.9. The van der Waals surface area contributed by atoms with Gasteiger partial charge in [-0.3, -0.25) is 0 Å². The number of nitrogens with one attached hydrogen (secondary N) is 1. The molecular formula is C19H24FN. The molecule has 1 N–H and O–H groups in total. The van der Waals surface area contributed by atoms with Crippen LogP contribution in [0.2, 0.25) is 0 Å². The van der Waals surface area contributed by atoms with Gasteiger partial charge < -0.3 is 5.32 Å². The molecule has 112 valence electrons. The van der Waals surface area contributed by atoms with Crippen LogP contribution in [0.3, 0.4) is 0 Å². The van der Waals surface area contributed by atoms with E-state index in [1.165, 1.54) is 11.1 Å². The first-order valence-electron chi connectivity index (χ1n) is 7.73. The molecule has 0 fully saturated rings. The van der Waals surface area contributed by atoms with E-state index in [1.54, 1.807) is 12.1 Å². The molecule has 1 atom stereocenters. The highest BCUT2D eigenvalue weighted by Gasteiger charge is 2.15. The van der Waals surface area contributed by atoms with Gasteiger partial charge in [-0.05, 0) is 60.7 Å². The number of benzene rings is 2. The summed E-state index contributed by atoms with van der Waals surface area (Å²) in [5.74, 6) is -0.167. The second kappa shape index (κ2) is 7.37. The average Bonchev–Trinajstić information content (AvgIpc) is 2.47. The third kappa shape index (κ3) is 4.15. The highest BCUT2D eigenvalue weighted by atomic mass is 19.1. The summed E-state index contributed by atoms with van der Waals surface area (Å²) in [6.45, 7) is 7.14. The van der Waals surface area contributed by atoms with Crippen molar-refractivity contribution in [3.63, 3.8) is 0 Å². The highest BCUT2D eigenvalue weighted by Crippen LogP contribution is 2.25. The van der Waals surface area contributed by atoms with Gasteiger partial charge in [0, 0.05) is 0 Å². The van der Waals surface area contributed by atoms with Crippen LogP contribution in [0.25, 0.3) is 0 Å². The Balaban J connectivity index is 2.41. The second-order valence-electron chi connectivity index (χ2n) is 5.55. The van der Waals surface area contributed by atoms with Crippen molar-refractivity contribution in [1.82, 2.24) is 5.32 Å². The van der Waals surface area contributed by atoms with Crippen molar-refractivity contribution < 1.29 is 4.39 Å². The fraction of sp³-hybridized carbons (Fsp3) is 0.368. The molecule has 2 heteroatoms. The SMILES string of the molecule is CCCNC(c1cc(C)cc(F)c1)c1cccc(CC)c1. The number of rotatable bonds is 6. The predicted octanol–water partition coefficient (Wildman–Crippen LogP) is 4.79. The van der Waals surface area contributed by atoms with Gasteiger partial charge in [0.15, 0.2) is 0 Å². The summed E-state index contributed by atoms with van der Waals surface area (Å²) in [5, 5.41) is 3.54. The van der Waals surface area contributed by atoms with Crippen LogP contribution in [0.15, 0.2) is 42.5 Å². The van der Waals surface area contributed by atoms with E-state index in [-0.39, 0.29) is 11.9 Å². The van der Waals surface area contributed by atoms with Gasteiger partial charge in [0.05, 0.1) is 6.04 Å². The Bertz CT molecular complexity index is 572. The maximum Gasteiger partial charge on any atom is 0.123 e. The zero-order valence-corrected chi connectivity index (χ0v) is 13.1. The van der Waals surface area contributed by atoms with Crippen molar-refractivity contribution in [3.05, 3.63) is 70.5 Å². The van der Waals surface area contributed by atoms with Gasteiger partial charge in [-0.2, -0.15) is 0 Å². The topological polar surface area (TPSA) is 12.0 Å². The smallest absolute Gasteiger partial charge is 0.123 e. The molecule has 21 heavy (non-hydrogen) atoms. The molecule has 0 aliphatic heterocycles. The Morgan fingerprint density at radius 2 is 1.86 bits per heavy atom. The van der Waals surface area contributed by atoms with Crippen LogP contribution >= 0.6 is 0 Å². The van der Waals surface area contributed by atoms with E-state index in [4.69, 9.17) is 0 Å². The summed E-state index contributed by atoms with van der Waals surface area (Å²) in [4.78, 5) is 0. The molecular weight excluding hydrogens is 261 g/mol. The van der Waals surface area contributed by atoms with E-state index in [1.807, 2.05) is 6.92 Å². The molecule has 0 spiro atoms. The highest BCUT2D eigenvalue weighted by molar-refractivity contribution is 5.36. The van der Waals surface area contributed by atoms with E-state index in [0.717, 1.165) is 30.5 Å². The van der Waals surface area contributed by atoms with Crippen LogP contribution in [-0.2, 0) is 6.42 Å². The van der Waals surface area contributed by atoms with E-state index >= 15 is 0 Å². The first kappa shape index (κ1) is 15.7. The van der Waals surface area contributed by atoms with E-state index in [0.29, 0.717) is 0 Å². The number of hydrogen-bond donors (Lipinski definition) is 1. The van der Waals surface area contributed by atoms with Gasteiger partial charge in [0.2, 0.25) is 0 Å². The minimum absolute atomic E-state index is 0.0471. The van der Waals surface area contributed by atoms with Crippen molar-refractivity contribution in [2.75, 3.05) is 6.54 Å². The zero-order chi connectivity index (χ0) is 15.2. The first-order valence-corrected chi connectivity index (χ1v) is 7.73. The van der Waals surface area contributed by atoms with E-state index < -0.39 is 0 Å². The van der Waals surface area contributed by atoms with Gasteiger partial charge in [-0.1, -0.05) is 44.2 Å². The van der Waals surface area contributed by atoms with Crippen molar-refractivity contribution in [2.45, 2.75) is 39.7 Å². The molecule has 0 heterocycles. The summed E-state index contributed by atoms with van der Waals surface area (Å²) >= 11 is 0. The van der Waals surface area contributed by atoms with Gasteiger partial charge in [-0.15, -0.1) is 0 Å². The molecule has 0 radical (unpaired) electrons. The fourth-order valence-corrected chi connectivity index (χ4v) is 2.64. The Labute approximate surface area is 127 Å². The molecule has 2 rings (SSSR count). The van der Waals surface area contributed by atoms with Crippen LogP contribution in [0.1, 0.15) is 48.6 Å². The minimum atomic E-state index is -0.167. The molecule has 1 nitrogen and oxygen atoms in total. The molecule has 2 aromatic rings. The average molecular weight is 285 g/mol. The van der Waals surface area contributed by atoms with E-state index in [9.17, 15) is 4.39 Å². The number of halogens is 1. The van der Waals surface area contributed by atoms with Crippen molar-refractivity contribution in [2.24, 2.45) is 0 Å². The predicted molar refractivity (Wildman–Crippen MR) is 87.1 cm³/mol.